The zero-order valence-electron chi connectivity index (χ0n) is 20.3. The topological polar surface area (TPSA) is 151 Å². The first-order chi connectivity index (χ1) is 16.3. The maximum atomic E-state index is 13.0. The summed E-state index contributed by atoms with van der Waals surface area (Å²) in [6.07, 6.45) is 11.2. The van der Waals surface area contributed by atoms with E-state index in [4.69, 9.17) is 17.3 Å². The smallest absolute Gasteiger partial charge is 0.241 e. The number of piperidine rings is 2. The first-order valence-electron chi connectivity index (χ1n) is 12.7. The molecule has 3 aliphatic heterocycles. The Balaban J connectivity index is 1.24. The lowest BCUT2D eigenvalue weighted by Crippen LogP contribution is -2.44. The number of amides is 2. The maximum absolute atomic E-state index is 13.0. The molecule has 0 saturated carbocycles. The summed E-state index contributed by atoms with van der Waals surface area (Å²) in [5, 5.41) is 4.10. The fraction of sp³-hybridized carbons (Fsp3) is 0.826. The Bertz CT molecular complexity index is 726. The van der Waals surface area contributed by atoms with E-state index in [1.807, 2.05) is 0 Å². The Morgan fingerprint density at radius 1 is 1.03 bits per heavy atom. The number of nitrogens with zero attached hydrogens (tertiary/aromatic N) is 3. The van der Waals surface area contributed by atoms with Crippen LogP contribution in [0.25, 0.3) is 0 Å². The summed E-state index contributed by atoms with van der Waals surface area (Å²) >= 11 is 0. The number of hydrazine groups is 1. The molecule has 194 valence electrons. The number of fused-ring (bicyclic) bond motifs is 2. The van der Waals surface area contributed by atoms with Gasteiger partial charge in [0.1, 0.15) is 6.54 Å². The van der Waals surface area contributed by atoms with Gasteiger partial charge in [-0.3, -0.25) is 9.59 Å². The number of nitrogens with two attached hydrogens (primary N) is 3. The van der Waals surface area contributed by atoms with Gasteiger partial charge in [-0.25, -0.2) is 14.4 Å². The first-order valence-corrected chi connectivity index (χ1v) is 14.0. The van der Waals surface area contributed by atoms with Crippen LogP contribution in [0.2, 0.25) is 0 Å². The lowest BCUT2D eigenvalue weighted by atomic mass is 9.99. The summed E-state index contributed by atoms with van der Waals surface area (Å²) in [4.78, 5) is 25.3. The standard InChI is InChI=1S/C23H43N7O3S/c24-19(5-8-22(25)31)15-29(26)16-23(32)27-11-2-12-28-13-9-18(10-14-28)17-34(33)30-20-3-1-4-21(30)7-6-20/h15,18,20-21H,1-14,16-17,24,26H2,(H2,25,31)(H,27,32)/b19-15-. The van der Waals surface area contributed by atoms with Gasteiger partial charge in [-0.1, -0.05) is 6.42 Å². The summed E-state index contributed by atoms with van der Waals surface area (Å²) in [7, 11) is -0.817. The predicted molar refractivity (Wildman–Crippen MR) is 134 cm³/mol. The molecule has 0 radical (unpaired) electrons. The predicted octanol–water partition coefficient (Wildman–Crippen LogP) is 0.127. The zero-order chi connectivity index (χ0) is 24.5. The fourth-order valence-electron chi connectivity index (χ4n) is 5.41. The van der Waals surface area contributed by atoms with Crippen LogP contribution >= 0.6 is 0 Å². The molecule has 34 heavy (non-hydrogen) atoms. The van der Waals surface area contributed by atoms with Crippen molar-refractivity contribution >= 4 is 22.8 Å². The summed E-state index contributed by atoms with van der Waals surface area (Å²) in [6, 6.07) is 1.13. The van der Waals surface area contributed by atoms with Crippen LogP contribution in [0.5, 0.6) is 0 Å². The number of rotatable bonds is 13. The molecular formula is C23H43N7O3S. The Labute approximate surface area is 206 Å². The van der Waals surface area contributed by atoms with E-state index in [1.54, 1.807) is 0 Å². The highest BCUT2D eigenvalue weighted by Crippen LogP contribution is 2.37. The Morgan fingerprint density at radius 2 is 1.71 bits per heavy atom. The molecule has 0 aliphatic carbocycles. The van der Waals surface area contributed by atoms with Crippen LogP contribution in [-0.4, -0.2) is 80.8 Å². The lowest BCUT2D eigenvalue weighted by molar-refractivity contribution is -0.122. The number of hydrogen-bond acceptors (Lipinski definition) is 7. The third-order valence-electron chi connectivity index (χ3n) is 7.24. The second kappa shape index (κ2) is 13.4. The van der Waals surface area contributed by atoms with Gasteiger partial charge >= 0.3 is 0 Å². The number of carbonyl (C=O) groups is 2. The molecule has 11 heteroatoms. The quantitative estimate of drug-likeness (QED) is 0.160. The van der Waals surface area contributed by atoms with E-state index in [0.717, 1.165) is 44.6 Å². The summed E-state index contributed by atoms with van der Waals surface area (Å²) < 4.78 is 15.4. The molecule has 2 bridgehead atoms. The largest absolute Gasteiger partial charge is 0.401 e. The SMILES string of the molecule is NC(=O)CC/C(N)=C/N(N)CC(=O)NCCCN1CCC(CS(=O)N2C3CCCC2CC3)CC1. The van der Waals surface area contributed by atoms with Gasteiger partial charge in [0.25, 0.3) is 0 Å². The highest BCUT2D eigenvalue weighted by molar-refractivity contribution is 7.82. The van der Waals surface area contributed by atoms with E-state index in [1.165, 1.54) is 43.3 Å². The van der Waals surface area contributed by atoms with Gasteiger partial charge in [0.15, 0.2) is 0 Å². The van der Waals surface area contributed by atoms with Crippen molar-refractivity contribution in [3.63, 3.8) is 0 Å². The third kappa shape index (κ3) is 8.51. The monoisotopic (exact) mass is 497 g/mol. The van der Waals surface area contributed by atoms with Crippen molar-refractivity contribution in [3.8, 4) is 0 Å². The van der Waals surface area contributed by atoms with Crippen LogP contribution in [0.1, 0.15) is 64.2 Å². The summed E-state index contributed by atoms with van der Waals surface area (Å²) in [5.74, 6) is 6.56. The molecule has 3 saturated heterocycles. The Morgan fingerprint density at radius 3 is 2.35 bits per heavy atom. The van der Waals surface area contributed by atoms with Crippen LogP contribution in [0.15, 0.2) is 11.9 Å². The van der Waals surface area contributed by atoms with Crippen LogP contribution in [0.4, 0.5) is 0 Å². The molecule has 3 fully saturated rings. The van der Waals surface area contributed by atoms with Crippen molar-refractivity contribution in [1.29, 1.82) is 0 Å². The minimum atomic E-state index is -0.817. The average molecular weight is 498 g/mol. The normalized spacial score (nSPS) is 25.3. The Kier molecular flexibility index (Phi) is 10.6. The third-order valence-corrected chi connectivity index (χ3v) is 9.06. The van der Waals surface area contributed by atoms with E-state index in [2.05, 4.69) is 14.5 Å². The first kappa shape index (κ1) is 26.9. The van der Waals surface area contributed by atoms with Crippen LogP contribution in [0.3, 0.4) is 0 Å². The fourth-order valence-corrected chi connectivity index (χ4v) is 7.40. The molecule has 0 aromatic carbocycles. The number of likely N-dealkylation sites (tertiary alicyclic amines) is 1. The average Bonchev–Trinajstić information content (AvgIpc) is 3.05. The molecule has 0 aromatic rings. The highest BCUT2D eigenvalue weighted by atomic mass is 32.2. The van der Waals surface area contributed by atoms with E-state index in [9.17, 15) is 13.8 Å². The van der Waals surface area contributed by atoms with E-state index in [-0.39, 0.29) is 18.9 Å². The number of carbonyl (C=O) groups excluding carboxylic acids is 2. The second-order valence-electron chi connectivity index (χ2n) is 10.00. The molecular weight excluding hydrogens is 454 g/mol. The van der Waals surface area contributed by atoms with Crippen molar-refractivity contribution in [1.82, 2.24) is 19.5 Å². The van der Waals surface area contributed by atoms with Gasteiger partial charge in [-0.2, -0.15) is 0 Å². The minimum Gasteiger partial charge on any atom is -0.401 e. The maximum Gasteiger partial charge on any atom is 0.241 e. The minimum absolute atomic E-state index is 0.00145. The van der Waals surface area contributed by atoms with Gasteiger partial charge in [0, 0.05) is 42.7 Å². The van der Waals surface area contributed by atoms with Gasteiger partial charge in [0.05, 0.1) is 11.0 Å². The van der Waals surface area contributed by atoms with Gasteiger partial charge < -0.3 is 26.7 Å². The van der Waals surface area contributed by atoms with Crippen molar-refractivity contribution in [2.24, 2.45) is 23.2 Å². The molecule has 3 aliphatic rings. The van der Waals surface area contributed by atoms with Gasteiger partial charge in [-0.15, -0.1) is 0 Å². The summed E-state index contributed by atoms with van der Waals surface area (Å²) in [6.45, 7) is 3.61. The van der Waals surface area contributed by atoms with Crippen LogP contribution in [-0.2, 0) is 20.6 Å². The Hall–Kier alpha value is -1.69. The molecule has 3 heterocycles. The molecule has 2 amide bonds. The molecule has 3 rings (SSSR count). The molecule has 0 aromatic heterocycles. The van der Waals surface area contributed by atoms with E-state index < -0.39 is 16.9 Å². The van der Waals surface area contributed by atoms with Crippen molar-refractivity contribution < 1.29 is 13.8 Å². The van der Waals surface area contributed by atoms with Crippen LogP contribution < -0.4 is 22.6 Å². The van der Waals surface area contributed by atoms with Crippen molar-refractivity contribution in [2.45, 2.75) is 76.3 Å². The molecule has 10 nitrogen and oxygen atoms in total. The zero-order valence-corrected chi connectivity index (χ0v) is 21.1. The number of nitrogens with one attached hydrogen (secondary N) is 1. The second-order valence-corrected chi connectivity index (χ2v) is 11.4. The molecule has 3 atom stereocenters. The number of primary amides is 1. The molecule has 3 unspecified atom stereocenters. The lowest BCUT2D eigenvalue weighted by Gasteiger charge is -2.36. The van der Waals surface area contributed by atoms with Crippen LogP contribution in [0, 0.1) is 5.92 Å². The van der Waals surface area contributed by atoms with E-state index >= 15 is 0 Å². The number of allylic oxidation sites excluding steroid dienone is 1. The summed E-state index contributed by atoms with van der Waals surface area (Å²) in [5.41, 5.74) is 11.3. The van der Waals surface area contributed by atoms with Gasteiger partial charge in [-0.05, 0) is 76.9 Å². The highest BCUT2D eigenvalue weighted by Gasteiger charge is 2.40. The molecule has 0 spiro atoms. The van der Waals surface area contributed by atoms with Crippen molar-refractivity contribution in [2.75, 3.05) is 38.5 Å². The van der Waals surface area contributed by atoms with E-state index in [0.29, 0.717) is 36.7 Å². The molecule has 7 N–H and O–H groups in total. The van der Waals surface area contributed by atoms with Gasteiger partial charge in [0.2, 0.25) is 11.8 Å². The number of hydrogen-bond donors (Lipinski definition) is 4. The van der Waals surface area contributed by atoms with Crippen molar-refractivity contribution in [3.05, 3.63) is 11.9 Å².